The molecular formula is C11H14N4O. The van der Waals surface area contributed by atoms with E-state index in [1.165, 1.54) is 4.68 Å². The Morgan fingerprint density at radius 3 is 2.62 bits per heavy atom. The average Bonchev–Trinajstić information content (AvgIpc) is 2.58. The number of hydrogen-bond donors (Lipinski definition) is 1. The molecule has 0 fully saturated rings. The number of benzene rings is 1. The van der Waals surface area contributed by atoms with Crippen LogP contribution < -0.4 is 11.0 Å². The van der Waals surface area contributed by atoms with Gasteiger partial charge in [0.15, 0.2) is 0 Å². The van der Waals surface area contributed by atoms with Crippen molar-refractivity contribution < 1.29 is 0 Å². The van der Waals surface area contributed by atoms with E-state index in [9.17, 15) is 4.79 Å². The van der Waals surface area contributed by atoms with E-state index in [0.717, 1.165) is 5.56 Å². The number of aromatic nitrogens is 3. The quantitative estimate of drug-likeness (QED) is 0.824. The molecule has 0 aliphatic rings. The van der Waals surface area contributed by atoms with Gasteiger partial charge in [0, 0.05) is 14.1 Å². The fraction of sp³-hybridized carbons (Fsp3) is 0.273. The van der Waals surface area contributed by atoms with Crippen LogP contribution in [0.4, 0.5) is 5.95 Å². The molecule has 0 spiro atoms. The first-order valence-corrected chi connectivity index (χ1v) is 5.08. The van der Waals surface area contributed by atoms with Crippen molar-refractivity contribution in [1.82, 2.24) is 14.3 Å². The predicted molar refractivity (Wildman–Crippen MR) is 62.6 cm³/mol. The normalized spacial score (nSPS) is 10.4. The van der Waals surface area contributed by atoms with Crippen molar-refractivity contribution in [2.45, 2.75) is 6.54 Å². The van der Waals surface area contributed by atoms with Crippen LogP contribution in [0.1, 0.15) is 5.56 Å². The third-order valence-corrected chi connectivity index (χ3v) is 2.42. The van der Waals surface area contributed by atoms with Crippen molar-refractivity contribution in [3.63, 3.8) is 0 Å². The number of aryl methyl sites for hydroxylation is 1. The Labute approximate surface area is 93.3 Å². The van der Waals surface area contributed by atoms with Gasteiger partial charge in [-0.15, -0.1) is 5.10 Å². The summed E-state index contributed by atoms with van der Waals surface area (Å²) in [4.78, 5) is 11.8. The molecule has 5 heteroatoms. The van der Waals surface area contributed by atoms with E-state index in [4.69, 9.17) is 0 Å². The van der Waals surface area contributed by atoms with Crippen LogP contribution in [-0.2, 0) is 13.6 Å². The van der Waals surface area contributed by atoms with Crippen molar-refractivity contribution in [1.29, 1.82) is 0 Å². The molecule has 2 rings (SSSR count). The Balaban J connectivity index is 2.38. The number of nitrogens with zero attached hydrogens (tertiary/aromatic N) is 3. The molecule has 0 aliphatic heterocycles. The van der Waals surface area contributed by atoms with Crippen molar-refractivity contribution in [3.05, 3.63) is 46.4 Å². The molecule has 1 N–H and O–H groups in total. The highest BCUT2D eigenvalue weighted by Gasteiger charge is 2.09. The molecule has 0 amide bonds. The molecule has 1 heterocycles. The van der Waals surface area contributed by atoms with Gasteiger partial charge in [0.05, 0.1) is 6.54 Å². The molecule has 0 saturated heterocycles. The summed E-state index contributed by atoms with van der Waals surface area (Å²) in [7, 11) is 3.40. The molecule has 0 radical (unpaired) electrons. The Morgan fingerprint density at radius 1 is 1.31 bits per heavy atom. The van der Waals surface area contributed by atoms with Crippen LogP contribution in [0.15, 0.2) is 35.1 Å². The van der Waals surface area contributed by atoms with Crippen LogP contribution >= 0.6 is 0 Å². The zero-order valence-corrected chi connectivity index (χ0v) is 9.34. The van der Waals surface area contributed by atoms with Crippen molar-refractivity contribution >= 4 is 5.95 Å². The Hall–Kier alpha value is -2.04. The van der Waals surface area contributed by atoms with Crippen LogP contribution in [0, 0.1) is 0 Å². The van der Waals surface area contributed by atoms with E-state index < -0.39 is 0 Å². The first kappa shape index (κ1) is 10.5. The summed E-state index contributed by atoms with van der Waals surface area (Å²) in [6.45, 7) is 0.531. The zero-order chi connectivity index (χ0) is 11.5. The lowest BCUT2D eigenvalue weighted by molar-refractivity contribution is 0.692. The average molecular weight is 218 g/mol. The maximum Gasteiger partial charge on any atom is 0.347 e. The van der Waals surface area contributed by atoms with Crippen LogP contribution in [0.2, 0.25) is 0 Å². The van der Waals surface area contributed by atoms with E-state index in [1.807, 2.05) is 30.3 Å². The lowest BCUT2D eigenvalue weighted by Crippen LogP contribution is -2.23. The summed E-state index contributed by atoms with van der Waals surface area (Å²) in [6, 6.07) is 9.83. The summed E-state index contributed by atoms with van der Waals surface area (Å²) < 4.78 is 2.93. The summed E-state index contributed by atoms with van der Waals surface area (Å²) in [5.41, 5.74) is 0.960. The topological polar surface area (TPSA) is 51.9 Å². The van der Waals surface area contributed by atoms with E-state index in [2.05, 4.69) is 10.4 Å². The minimum Gasteiger partial charge on any atom is -0.357 e. The molecule has 0 atom stereocenters. The highest BCUT2D eigenvalue weighted by atomic mass is 16.2. The minimum absolute atomic E-state index is 0.117. The molecule has 1 aromatic heterocycles. The SMILES string of the molecule is CNc1nn(C)c(=O)n1Cc1ccccc1. The first-order chi connectivity index (χ1) is 7.72. The molecule has 1 aromatic carbocycles. The summed E-state index contributed by atoms with van der Waals surface area (Å²) in [5.74, 6) is 0.580. The number of hydrogen-bond acceptors (Lipinski definition) is 3. The van der Waals surface area contributed by atoms with Gasteiger partial charge in [0.1, 0.15) is 0 Å². The van der Waals surface area contributed by atoms with Gasteiger partial charge in [-0.2, -0.15) is 0 Å². The van der Waals surface area contributed by atoms with Crippen molar-refractivity contribution in [2.75, 3.05) is 12.4 Å². The third-order valence-electron chi connectivity index (χ3n) is 2.42. The monoisotopic (exact) mass is 218 g/mol. The van der Waals surface area contributed by atoms with Gasteiger partial charge in [-0.05, 0) is 5.56 Å². The Kier molecular flexibility index (Phi) is 2.76. The van der Waals surface area contributed by atoms with Crippen molar-refractivity contribution in [2.24, 2.45) is 7.05 Å². The molecule has 16 heavy (non-hydrogen) atoms. The van der Waals surface area contributed by atoms with E-state index in [1.54, 1.807) is 18.7 Å². The number of nitrogens with one attached hydrogen (secondary N) is 1. The molecule has 5 nitrogen and oxygen atoms in total. The van der Waals surface area contributed by atoms with E-state index in [-0.39, 0.29) is 5.69 Å². The maximum atomic E-state index is 11.8. The second-order valence-corrected chi connectivity index (χ2v) is 3.55. The molecule has 0 unspecified atom stereocenters. The Bertz CT molecular complexity index is 527. The summed E-state index contributed by atoms with van der Waals surface area (Å²) >= 11 is 0. The smallest absolute Gasteiger partial charge is 0.347 e. The first-order valence-electron chi connectivity index (χ1n) is 5.08. The molecule has 0 saturated carbocycles. The lowest BCUT2D eigenvalue weighted by atomic mass is 10.2. The predicted octanol–water partition coefficient (Wildman–Crippen LogP) is 0.672. The van der Waals surface area contributed by atoms with Crippen LogP contribution in [0.25, 0.3) is 0 Å². The molecule has 0 aliphatic carbocycles. The van der Waals surface area contributed by atoms with E-state index in [0.29, 0.717) is 12.5 Å². The summed E-state index contributed by atoms with van der Waals surface area (Å²) in [5, 5.41) is 6.99. The largest absolute Gasteiger partial charge is 0.357 e. The van der Waals surface area contributed by atoms with Gasteiger partial charge in [-0.25, -0.2) is 9.48 Å². The van der Waals surface area contributed by atoms with Crippen LogP contribution in [-0.4, -0.2) is 21.4 Å². The molecule has 84 valence electrons. The third kappa shape index (κ3) is 1.84. The molecular weight excluding hydrogens is 204 g/mol. The Morgan fingerprint density at radius 2 is 2.00 bits per heavy atom. The fourth-order valence-electron chi connectivity index (χ4n) is 1.60. The van der Waals surface area contributed by atoms with Gasteiger partial charge >= 0.3 is 5.69 Å². The lowest BCUT2D eigenvalue weighted by Gasteiger charge is -2.04. The van der Waals surface area contributed by atoms with Gasteiger partial charge in [0.25, 0.3) is 0 Å². The molecule has 0 bridgehead atoms. The zero-order valence-electron chi connectivity index (χ0n) is 9.34. The summed E-state index contributed by atoms with van der Waals surface area (Å²) in [6.07, 6.45) is 0. The van der Waals surface area contributed by atoms with Crippen LogP contribution in [0.5, 0.6) is 0 Å². The molecule has 2 aromatic rings. The van der Waals surface area contributed by atoms with Gasteiger partial charge in [-0.1, -0.05) is 30.3 Å². The van der Waals surface area contributed by atoms with Crippen molar-refractivity contribution in [3.8, 4) is 0 Å². The number of anilines is 1. The maximum absolute atomic E-state index is 11.8. The highest BCUT2D eigenvalue weighted by Crippen LogP contribution is 2.04. The van der Waals surface area contributed by atoms with Gasteiger partial charge < -0.3 is 5.32 Å². The highest BCUT2D eigenvalue weighted by molar-refractivity contribution is 5.25. The minimum atomic E-state index is -0.117. The number of rotatable bonds is 3. The second kappa shape index (κ2) is 4.22. The standard InChI is InChI=1S/C11H14N4O/c1-12-10-13-14(2)11(16)15(10)8-9-6-4-3-5-7-9/h3-7H,8H2,1-2H3,(H,12,13). The van der Waals surface area contributed by atoms with E-state index >= 15 is 0 Å². The second-order valence-electron chi connectivity index (χ2n) is 3.55. The fourth-order valence-corrected chi connectivity index (χ4v) is 1.60. The van der Waals surface area contributed by atoms with Crippen LogP contribution in [0.3, 0.4) is 0 Å². The van der Waals surface area contributed by atoms with Gasteiger partial charge in [-0.3, -0.25) is 4.57 Å². The van der Waals surface area contributed by atoms with Gasteiger partial charge in [0.2, 0.25) is 5.95 Å².